The number of nitrogens with one attached hydrogen (secondary N) is 1. The number of ketones is 1. The van der Waals surface area contributed by atoms with Crippen molar-refractivity contribution in [1.82, 2.24) is 0 Å². The molecule has 1 aliphatic rings. The predicted molar refractivity (Wildman–Crippen MR) is 68.2 cm³/mol. The van der Waals surface area contributed by atoms with E-state index in [-0.39, 0.29) is 11.5 Å². The first-order valence-electron chi connectivity index (χ1n) is 5.94. The molecule has 94 valence electrons. The summed E-state index contributed by atoms with van der Waals surface area (Å²) in [6.45, 7) is 1.97. The van der Waals surface area contributed by atoms with Gasteiger partial charge in [0.15, 0.2) is 11.5 Å². The Bertz CT molecular complexity index is 488. The molecule has 2 rings (SSSR count). The van der Waals surface area contributed by atoms with Crippen molar-refractivity contribution < 1.29 is 14.3 Å². The Kier molecular flexibility index (Phi) is 3.77. The zero-order valence-corrected chi connectivity index (χ0v) is 10.2. The standard InChI is InChI=1S/C14H15NO3/c1-10-6-8-11(9-7-10)15-14(17)18-13-5-3-2-4-12(13)16/h5-9H,2-4H2,1H3,(H,15,17). The lowest BCUT2D eigenvalue weighted by molar-refractivity contribution is -0.118. The van der Waals surface area contributed by atoms with Gasteiger partial charge in [-0.15, -0.1) is 0 Å². The van der Waals surface area contributed by atoms with E-state index in [0.29, 0.717) is 12.1 Å². The minimum Gasteiger partial charge on any atom is -0.407 e. The number of hydrogen-bond acceptors (Lipinski definition) is 3. The van der Waals surface area contributed by atoms with Crippen LogP contribution < -0.4 is 5.32 Å². The average molecular weight is 245 g/mol. The lowest BCUT2D eigenvalue weighted by Crippen LogP contribution is -2.18. The van der Waals surface area contributed by atoms with Gasteiger partial charge in [0.25, 0.3) is 0 Å². The van der Waals surface area contributed by atoms with Crippen molar-refractivity contribution in [2.75, 3.05) is 5.32 Å². The van der Waals surface area contributed by atoms with Crippen LogP contribution in [0.1, 0.15) is 24.8 Å². The molecule has 18 heavy (non-hydrogen) atoms. The van der Waals surface area contributed by atoms with Crippen LogP contribution in [0.2, 0.25) is 0 Å². The van der Waals surface area contributed by atoms with Gasteiger partial charge in [0.2, 0.25) is 0 Å². The highest BCUT2D eigenvalue weighted by Crippen LogP contribution is 2.16. The minimum absolute atomic E-state index is 0.111. The first-order valence-corrected chi connectivity index (χ1v) is 5.94. The van der Waals surface area contributed by atoms with Crippen molar-refractivity contribution in [1.29, 1.82) is 0 Å². The number of ether oxygens (including phenoxy) is 1. The van der Waals surface area contributed by atoms with Crippen LogP contribution in [-0.2, 0) is 9.53 Å². The Morgan fingerprint density at radius 3 is 2.67 bits per heavy atom. The molecule has 4 heteroatoms. The number of amides is 1. The molecular formula is C14H15NO3. The molecular weight excluding hydrogens is 230 g/mol. The van der Waals surface area contributed by atoms with E-state index < -0.39 is 6.09 Å². The van der Waals surface area contributed by atoms with Gasteiger partial charge in [0, 0.05) is 12.1 Å². The van der Waals surface area contributed by atoms with Gasteiger partial charge in [-0.05, 0) is 38.0 Å². The average Bonchev–Trinajstić information content (AvgIpc) is 2.35. The number of benzene rings is 1. The summed E-state index contributed by atoms with van der Waals surface area (Å²) in [4.78, 5) is 23.0. The van der Waals surface area contributed by atoms with Crippen molar-refractivity contribution in [3.05, 3.63) is 41.7 Å². The van der Waals surface area contributed by atoms with E-state index >= 15 is 0 Å². The molecule has 0 spiro atoms. The number of aryl methyl sites for hydroxylation is 1. The highest BCUT2D eigenvalue weighted by atomic mass is 16.6. The van der Waals surface area contributed by atoms with E-state index in [9.17, 15) is 9.59 Å². The number of rotatable bonds is 2. The van der Waals surface area contributed by atoms with Crippen LogP contribution in [0, 0.1) is 6.92 Å². The molecule has 0 atom stereocenters. The van der Waals surface area contributed by atoms with Gasteiger partial charge >= 0.3 is 6.09 Å². The van der Waals surface area contributed by atoms with E-state index in [1.54, 1.807) is 18.2 Å². The third-order valence-electron chi connectivity index (χ3n) is 2.71. The van der Waals surface area contributed by atoms with Gasteiger partial charge in [-0.25, -0.2) is 4.79 Å². The zero-order chi connectivity index (χ0) is 13.0. The van der Waals surface area contributed by atoms with Crippen molar-refractivity contribution >= 4 is 17.6 Å². The van der Waals surface area contributed by atoms with Crippen LogP contribution in [-0.4, -0.2) is 11.9 Å². The first kappa shape index (κ1) is 12.4. The Balaban J connectivity index is 1.94. The molecule has 0 aromatic heterocycles. The molecule has 4 nitrogen and oxygen atoms in total. The SMILES string of the molecule is Cc1ccc(NC(=O)OC2=CCCCC2=O)cc1. The largest absolute Gasteiger partial charge is 0.417 e. The van der Waals surface area contributed by atoms with Crippen molar-refractivity contribution in [2.24, 2.45) is 0 Å². The smallest absolute Gasteiger partial charge is 0.407 e. The Labute approximate surface area is 106 Å². The number of carbonyl (C=O) groups excluding carboxylic acids is 2. The Morgan fingerprint density at radius 1 is 1.28 bits per heavy atom. The van der Waals surface area contributed by atoms with Crippen LogP contribution in [0.4, 0.5) is 10.5 Å². The monoisotopic (exact) mass is 245 g/mol. The van der Waals surface area contributed by atoms with E-state index in [0.717, 1.165) is 18.4 Å². The molecule has 0 saturated carbocycles. The molecule has 1 aromatic carbocycles. The number of carbonyl (C=O) groups is 2. The topological polar surface area (TPSA) is 55.4 Å². The molecule has 1 aromatic rings. The molecule has 1 amide bonds. The lowest BCUT2D eigenvalue weighted by Gasteiger charge is -2.12. The molecule has 0 heterocycles. The summed E-state index contributed by atoms with van der Waals surface area (Å²) in [5.41, 5.74) is 1.76. The van der Waals surface area contributed by atoms with Crippen LogP contribution in [0.3, 0.4) is 0 Å². The lowest BCUT2D eigenvalue weighted by atomic mass is 10.1. The molecule has 0 unspecified atom stereocenters. The fourth-order valence-electron chi connectivity index (χ4n) is 1.71. The van der Waals surface area contributed by atoms with Gasteiger partial charge in [-0.2, -0.15) is 0 Å². The van der Waals surface area contributed by atoms with Crippen molar-refractivity contribution in [3.8, 4) is 0 Å². The molecule has 0 aliphatic heterocycles. The third kappa shape index (κ3) is 3.20. The maximum absolute atomic E-state index is 11.6. The number of Topliss-reactive ketones (excluding diaryl/α,β-unsaturated/α-hetero) is 1. The third-order valence-corrected chi connectivity index (χ3v) is 2.71. The van der Waals surface area contributed by atoms with Crippen LogP contribution in [0.15, 0.2) is 36.1 Å². The highest BCUT2D eigenvalue weighted by Gasteiger charge is 2.18. The number of anilines is 1. The van der Waals surface area contributed by atoms with Gasteiger partial charge < -0.3 is 4.74 Å². The predicted octanol–water partition coefficient (Wildman–Crippen LogP) is 3.18. The molecule has 0 bridgehead atoms. The fraction of sp³-hybridized carbons (Fsp3) is 0.286. The number of hydrogen-bond donors (Lipinski definition) is 1. The van der Waals surface area contributed by atoms with Crippen molar-refractivity contribution in [2.45, 2.75) is 26.2 Å². The minimum atomic E-state index is -0.625. The summed E-state index contributed by atoms with van der Waals surface area (Å²) in [5.74, 6) is 0.0474. The first-order chi connectivity index (χ1) is 8.65. The van der Waals surface area contributed by atoms with E-state index in [2.05, 4.69) is 5.32 Å². The maximum Gasteiger partial charge on any atom is 0.417 e. The van der Waals surface area contributed by atoms with Crippen molar-refractivity contribution in [3.63, 3.8) is 0 Å². The van der Waals surface area contributed by atoms with Gasteiger partial charge in [0.1, 0.15) is 0 Å². The quantitative estimate of drug-likeness (QED) is 0.870. The Morgan fingerprint density at radius 2 is 2.00 bits per heavy atom. The van der Waals surface area contributed by atoms with Gasteiger partial charge in [0.05, 0.1) is 0 Å². The summed E-state index contributed by atoms with van der Waals surface area (Å²) >= 11 is 0. The summed E-state index contributed by atoms with van der Waals surface area (Å²) in [6.07, 6.45) is 3.09. The van der Waals surface area contributed by atoms with Crippen LogP contribution in [0.5, 0.6) is 0 Å². The van der Waals surface area contributed by atoms with Crippen LogP contribution >= 0.6 is 0 Å². The highest BCUT2D eigenvalue weighted by molar-refractivity contribution is 5.97. The molecule has 0 saturated heterocycles. The second kappa shape index (κ2) is 5.49. The van der Waals surface area contributed by atoms with Gasteiger partial charge in [-0.3, -0.25) is 10.1 Å². The summed E-state index contributed by atoms with van der Waals surface area (Å²) in [6, 6.07) is 7.35. The number of allylic oxidation sites excluding steroid dienone is 2. The van der Waals surface area contributed by atoms with Crippen LogP contribution in [0.25, 0.3) is 0 Å². The van der Waals surface area contributed by atoms with E-state index in [1.807, 2.05) is 19.1 Å². The van der Waals surface area contributed by atoms with Gasteiger partial charge in [-0.1, -0.05) is 17.7 Å². The normalized spacial score (nSPS) is 14.9. The molecule has 0 radical (unpaired) electrons. The maximum atomic E-state index is 11.6. The fourth-order valence-corrected chi connectivity index (χ4v) is 1.71. The Hall–Kier alpha value is -2.10. The summed E-state index contributed by atoms with van der Waals surface area (Å²) < 4.78 is 5.00. The molecule has 1 N–H and O–H groups in total. The second-order valence-electron chi connectivity index (χ2n) is 4.26. The second-order valence-corrected chi connectivity index (χ2v) is 4.26. The summed E-state index contributed by atoms with van der Waals surface area (Å²) in [7, 11) is 0. The molecule has 1 aliphatic carbocycles. The van der Waals surface area contributed by atoms with E-state index in [1.165, 1.54) is 0 Å². The van der Waals surface area contributed by atoms with E-state index in [4.69, 9.17) is 4.74 Å². The molecule has 0 fully saturated rings. The summed E-state index contributed by atoms with van der Waals surface area (Å²) in [5, 5.41) is 2.58. The zero-order valence-electron chi connectivity index (χ0n) is 10.2.